The Labute approximate surface area is 70.5 Å². The van der Waals surface area contributed by atoms with Crippen molar-refractivity contribution in [2.24, 2.45) is 0 Å². The fourth-order valence-electron chi connectivity index (χ4n) is 0. The molecule has 5 heteroatoms. The number of hydrogen-bond acceptors (Lipinski definition) is 2. The van der Waals surface area contributed by atoms with Gasteiger partial charge in [-0.25, -0.2) is 0 Å². The molecule has 0 aliphatic carbocycles. The van der Waals surface area contributed by atoms with Gasteiger partial charge in [-0.15, -0.1) is 0 Å². The third kappa shape index (κ3) is 5.55. The molecular weight excluding hydrogens is 131 g/mol. The first-order valence-corrected chi connectivity index (χ1v) is 5.33. The molecule has 0 amide bonds. The summed E-state index contributed by atoms with van der Waals surface area (Å²) in [6.45, 7) is 0. The van der Waals surface area contributed by atoms with Gasteiger partial charge in [0.1, 0.15) is 0 Å². The van der Waals surface area contributed by atoms with Crippen LogP contribution in [0.1, 0.15) is 0 Å². The van der Waals surface area contributed by atoms with Gasteiger partial charge in [0.2, 0.25) is 0 Å². The summed E-state index contributed by atoms with van der Waals surface area (Å²) in [6, 6.07) is 0. The summed E-state index contributed by atoms with van der Waals surface area (Å²) < 4.78 is 27.0. The zero-order chi connectivity index (χ0) is 5.21. The van der Waals surface area contributed by atoms with Crippen LogP contribution in [0.3, 0.4) is 0 Å². The molecule has 0 spiro atoms. The molecule has 0 atom stereocenters. The molecule has 0 saturated heterocycles. The van der Waals surface area contributed by atoms with Crippen LogP contribution in [0.15, 0.2) is 0 Å². The van der Waals surface area contributed by atoms with Gasteiger partial charge in [0.05, 0.1) is 0 Å². The van der Waals surface area contributed by atoms with Gasteiger partial charge in [0, 0.05) is 0 Å². The van der Waals surface area contributed by atoms with Crippen LogP contribution in [0.25, 0.3) is 0 Å². The molecule has 0 fully saturated rings. The summed E-state index contributed by atoms with van der Waals surface area (Å²) in [4.78, 5) is 0. The first-order chi connectivity index (χ1) is 2.56. The van der Waals surface area contributed by atoms with E-state index in [0.717, 1.165) is 0 Å². The van der Waals surface area contributed by atoms with Crippen molar-refractivity contribution in [3.8, 4) is 0 Å². The van der Waals surface area contributed by atoms with Gasteiger partial charge in [0.25, 0.3) is 0 Å². The third-order valence-electron chi connectivity index (χ3n) is 0.365. The molecule has 0 heterocycles. The van der Waals surface area contributed by atoms with Crippen molar-refractivity contribution in [2.75, 3.05) is -0.153 Å². The molecule has 0 aromatic carbocycles. The summed E-state index contributed by atoms with van der Waals surface area (Å²) >= 11 is 0.209. The van der Waals surface area contributed by atoms with Crippen LogP contribution in [-0.2, 0) is 10.1 Å². The predicted octanol–water partition coefficient (Wildman–Crippen LogP) is -1.000. The van der Waals surface area contributed by atoms with E-state index in [9.17, 15) is 8.42 Å². The average Bonchev–Trinajstić information content (AvgIpc) is 1.35. The van der Waals surface area contributed by atoms with E-state index in [-0.39, 0.29) is 48.8 Å². The monoisotopic (exact) mass is 134 g/mol. The fourth-order valence-corrected chi connectivity index (χ4v) is 0. The minimum absolute atomic E-state index is 0.0139. The summed E-state index contributed by atoms with van der Waals surface area (Å²) in [5, 5.41) is 0. The van der Waals surface area contributed by atoms with Crippen LogP contribution in [-0.4, -0.2) is 61.8 Å². The molecule has 0 unspecified atom stereocenters. The number of rotatable bonds is 1. The quantitative estimate of drug-likeness (QED) is 0.369. The van der Waals surface area contributed by atoms with Crippen molar-refractivity contribution >= 4 is 59.1 Å². The molecule has 6 heavy (non-hydrogen) atoms. The van der Waals surface area contributed by atoms with Crippen LogP contribution >= 0.6 is 0 Å². The molecule has 32 valence electrons. The second kappa shape index (κ2) is 2.76. The van der Waals surface area contributed by atoms with E-state index in [0.29, 0.717) is 0 Å². The van der Waals surface area contributed by atoms with E-state index in [2.05, 4.69) is 0 Å². The van der Waals surface area contributed by atoms with Crippen LogP contribution in [0, 0.1) is 0 Å². The first kappa shape index (κ1) is 7.55. The van der Waals surface area contributed by atoms with E-state index in [1.54, 1.807) is 0 Å². The molecule has 0 saturated carbocycles. The summed E-state index contributed by atoms with van der Waals surface area (Å²) in [5.74, 6) is 0. The van der Waals surface area contributed by atoms with E-state index in [4.69, 9.17) is 4.55 Å². The molecule has 0 aliphatic heterocycles. The molecule has 0 rings (SSSR count). The Morgan fingerprint density at radius 1 is 1.67 bits per heavy atom. The SMILES string of the molecule is O=S(=O)(O)[CH2][K]. The Bertz CT molecular complexity index is 113. The van der Waals surface area contributed by atoms with Gasteiger partial charge in [0.15, 0.2) is 0 Å². The molecule has 0 aromatic heterocycles. The van der Waals surface area contributed by atoms with Gasteiger partial charge in [-0.3, -0.25) is 0 Å². The van der Waals surface area contributed by atoms with E-state index < -0.39 is 10.1 Å². The molecule has 0 bridgehead atoms. The zero-order valence-corrected chi connectivity index (χ0v) is 7.32. The second-order valence-electron chi connectivity index (χ2n) is 0.871. The minimum atomic E-state index is -3.58. The predicted molar refractivity (Wildman–Crippen MR) is 22.2 cm³/mol. The Hall–Kier alpha value is 1.55. The van der Waals surface area contributed by atoms with E-state index in [1.807, 2.05) is 0 Å². The van der Waals surface area contributed by atoms with Gasteiger partial charge < -0.3 is 0 Å². The van der Waals surface area contributed by atoms with Gasteiger partial charge in [-0.05, 0) is 0 Å². The summed E-state index contributed by atoms with van der Waals surface area (Å²) in [7, 11) is -3.58. The van der Waals surface area contributed by atoms with E-state index in [1.165, 1.54) is 0 Å². The Kier molecular flexibility index (Phi) is 3.47. The van der Waals surface area contributed by atoms with Crippen molar-refractivity contribution < 1.29 is 13.0 Å². The molecule has 0 aliphatic rings. The third-order valence-corrected chi connectivity index (χ3v) is 4.51. The summed E-state index contributed by atoms with van der Waals surface area (Å²) in [6.07, 6.45) is 0. The van der Waals surface area contributed by atoms with E-state index >= 15 is 0 Å². The number of hydrogen-bond donors (Lipinski definition) is 1. The van der Waals surface area contributed by atoms with Gasteiger partial charge in [-0.1, -0.05) is 0 Å². The van der Waals surface area contributed by atoms with Crippen molar-refractivity contribution in [1.29, 1.82) is 0 Å². The van der Waals surface area contributed by atoms with Crippen LogP contribution in [0.4, 0.5) is 0 Å². The van der Waals surface area contributed by atoms with Gasteiger partial charge in [-0.2, -0.15) is 0 Å². The maximum atomic E-state index is 9.60. The molecule has 0 radical (unpaired) electrons. The fraction of sp³-hybridized carbons (Fsp3) is 1.00. The topological polar surface area (TPSA) is 54.4 Å². The molecule has 1 N–H and O–H groups in total. The molecular formula is CH3KO3S. The molecule has 0 aromatic rings. The Morgan fingerprint density at radius 2 is 1.83 bits per heavy atom. The molecule has 3 nitrogen and oxygen atoms in total. The van der Waals surface area contributed by atoms with Crippen LogP contribution < -0.4 is 0 Å². The normalized spacial score (nSPS) is 11.8. The Morgan fingerprint density at radius 3 is 1.83 bits per heavy atom. The van der Waals surface area contributed by atoms with Crippen molar-refractivity contribution in [3.63, 3.8) is 0 Å². The maximum absolute atomic E-state index is 9.60. The van der Waals surface area contributed by atoms with Crippen LogP contribution in [0.2, 0.25) is 0 Å². The summed E-state index contributed by atoms with van der Waals surface area (Å²) in [5.41, 5.74) is 0. The van der Waals surface area contributed by atoms with Crippen molar-refractivity contribution in [1.82, 2.24) is 0 Å². The van der Waals surface area contributed by atoms with Gasteiger partial charge >= 0.3 is 71.9 Å². The Balaban J connectivity index is 3.85. The average molecular weight is 134 g/mol. The second-order valence-corrected chi connectivity index (χ2v) is 5.32. The zero-order valence-electron chi connectivity index (χ0n) is 3.38. The van der Waals surface area contributed by atoms with Crippen molar-refractivity contribution in [2.45, 2.75) is 0 Å². The van der Waals surface area contributed by atoms with Crippen LogP contribution in [0.5, 0.6) is 0 Å². The van der Waals surface area contributed by atoms with Crippen molar-refractivity contribution in [3.05, 3.63) is 0 Å². The first-order valence-electron chi connectivity index (χ1n) is 1.51. The standard InChI is InChI=1S/CH3O3S.K/c1-5(2,3)4;/h1H2,(H,2,3,4);.